The molecular formula is C15H18N4O2. The predicted molar refractivity (Wildman–Crippen MR) is 78.3 cm³/mol. The quantitative estimate of drug-likeness (QED) is 0.733. The summed E-state index contributed by atoms with van der Waals surface area (Å²) in [6.07, 6.45) is 3.90. The van der Waals surface area contributed by atoms with E-state index in [-0.39, 0.29) is 24.4 Å². The van der Waals surface area contributed by atoms with Crippen molar-refractivity contribution < 1.29 is 9.59 Å². The lowest BCUT2D eigenvalue weighted by Crippen LogP contribution is -2.37. The van der Waals surface area contributed by atoms with Crippen molar-refractivity contribution >= 4 is 11.8 Å². The van der Waals surface area contributed by atoms with Crippen LogP contribution in [0, 0.1) is 11.8 Å². The molecule has 2 heterocycles. The number of carbonyl (C=O) groups is 2. The molecule has 6 heteroatoms. The van der Waals surface area contributed by atoms with E-state index in [2.05, 4.69) is 22.1 Å². The van der Waals surface area contributed by atoms with Gasteiger partial charge < -0.3 is 16.0 Å². The maximum atomic E-state index is 12.5. The van der Waals surface area contributed by atoms with Crippen LogP contribution in [0.4, 0.5) is 0 Å². The first-order valence-corrected chi connectivity index (χ1v) is 6.81. The number of amides is 2. The summed E-state index contributed by atoms with van der Waals surface area (Å²) in [6, 6.07) is 1.68. The fourth-order valence-electron chi connectivity index (χ4n) is 2.35. The molecule has 6 nitrogen and oxygen atoms in total. The highest BCUT2D eigenvalue weighted by molar-refractivity contribution is 5.96. The Labute approximate surface area is 123 Å². The van der Waals surface area contributed by atoms with Crippen molar-refractivity contribution in [2.45, 2.75) is 19.4 Å². The number of hydrogen-bond acceptors (Lipinski definition) is 4. The highest BCUT2D eigenvalue weighted by Gasteiger charge is 2.28. The number of nitrogens with two attached hydrogens (primary N) is 1. The number of nitrogens with one attached hydrogen (secondary N) is 1. The van der Waals surface area contributed by atoms with E-state index >= 15 is 0 Å². The predicted octanol–water partition coefficient (Wildman–Crippen LogP) is -0.258. The minimum absolute atomic E-state index is 0.0202. The van der Waals surface area contributed by atoms with E-state index in [4.69, 9.17) is 5.73 Å². The van der Waals surface area contributed by atoms with E-state index in [1.165, 1.54) is 6.92 Å². The summed E-state index contributed by atoms with van der Waals surface area (Å²) < 4.78 is 0. The zero-order valence-electron chi connectivity index (χ0n) is 11.9. The fourth-order valence-corrected chi connectivity index (χ4v) is 2.35. The van der Waals surface area contributed by atoms with Crippen molar-refractivity contribution in [3.05, 3.63) is 29.6 Å². The number of pyridine rings is 1. The number of carbonyl (C=O) groups excluding carboxylic acids is 2. The molecule has 0 radical (unpaired) electrons. The molecule has 1 aromatic heterocycles. The summed E-state index contributed by atoms with van der Waals surface area (Å²) >= 11 is 0. The molecule has 1 unspecified atom stereocenters. The smallest absolute Gasteiger partial charge is 0.255 e. The van der Waals surface area contributed by atoms with Gasteiger partial charge in [-0.25, -0.2) is 0 Å². The highest BCUT2D eigenvalue weighted by atomic mass is 16.2. The summed E-state index contributed by atoms with van der Waals surface area (Å²) in [7, 11) is 0. The molecule has 110 valence electrons. The van der Waals surface area contributed by atoms with Crippen molar-refractivity contribution in [2.75, 3.05) is 19.6 Å². The third-order valence-corrected chi connectivity index (χ3v) is 3.26. The Morgan fingerprint density at radius 1 is 1.57 bits per heavy atom. The summed E-state index contributed by atoms with van der Waals surface area (Å²) in [5.41, 5.74) is 6.46. The zero-order valence-corrected chi connectivity index (χ0v) is 11.9. The number of rotatable bonds is 2. The first-order valence-electron chi connectivity index (χ1n) is 6.81. The number of likely N-dealkylation sites (tertiary alicyclic amines) is 1. The minimum atomic E-state index is -0.0911. The molecule has 0 spiro atoms. The van der Waals surface area contributed by atoms with Gasteiger partial charge in [-0.05, 0) is 12.5 Å². The van der Waals surface area contributed by atoms with Crippen LogP contribution in [0.3, 0.4) is 0 Å². The average Bonchev–Trinajstić information content (AvgIpc) is 2.92. The molecule has 0 aliphatic carbocycles. The van der Waals surface area contributed by atoms with Gasteiger partial charge in [0.25, 0.3) is 5.91 Å². The molecule has 0 saturated carbocycles. The Balaban J connectivity index is 2.12. The van der Waals surface area contributed by atoms with Crippen LogP contribution in [0.15, 0.2) is 18.5 Å². The Hall–Kier alpha value is -2.39. The van der Waals surface area contributed by atoms with E-state index in [1.807, 2.05) is 0 Å². The molecule has 1 fully saturated rings. The van der Waals surface area contributed by atoms with Gasteiger partial charge in [-0.15, -0.1) is 0 Å². The topological polar surface area (TPSA) is 88.3 Å². The minimum Gasteiger partial charge on any atom is -0.352 e. The van der Waals surface area contributed by atoms with Gasteiger partial charge in [-0.3, -0.25) is 14.6 Å². The normalized spacial score (nSPS) is 17.0. The van der Waals surface area contributed by atoms with Gasteiger partial charge >= 0.3 is 0 Å². The lowest BCUT2D eigenvalue weighted by molar-refractivity contribution is -0.119. The van der Waals surface area contributed by atoms with Crippen LogP contribution < -0.4 is 11.1 Å². The molecular weight excluding hydrogens is 268 g/mol. The fraction of sp³-hybridized carbons (Fsp3) is 0.400. The molecule has 2 amide bonds. The van der Waals surface area contributed by atoms with Gasteiger partial charge in [0.15, 0.2) is 0 Å². The SMILES string of the molecule is CC(=O)NC1CCN(C(=O)c2ccncc2C#CCN)C1. The van der Waals surface area contributed by atoms with Crippen molar-refractivity contribution in [1.29, 1.82) is 0 Å². The summed E-state index contributed by atoms with van der Waals surface area (Å²) in [5, 5.41) is 2.84. The molecule has 21 heavy (non-hydrogen) atoms. The van der Waals surface area contributed by atoms with Crippen molar-refractivity contribution in [1.82, 2.24) is 15.2 Å². The van der Waals surface area contributed by atoms with Crippen LogP contribution >= 0.6 is 0 Å². The van der Waals surface area contributed by atoms with Gasteiger partial charge in [0.1, 0.15) is 0 Å². The molecule has 1 aliphatic rings. The second-order valence-corrected chi connectivity index (χ2v) is 4.86. The third-order valence-electron chi connectivity index (χ3n) is 3.26. The van der Waals surface area contributed by atoms with E-state index in [9.17, 15) is 9.59 Å². The number of hydrogen-bond donors (Lipinski definition) is 2. The van der Waals surface area contributed by atoms with Gasteiger partial charge in [0.05, 0.1) is 17.7 Å². The van der Waals surface area contributed by atoms with Crippen LogP contribution in [0.25, 0.3) is 0 Å². The van der Waals surface area contributed by atoms with Gasteiger partial charge in [0, 0.05) is 38.4 Å². The van der Waals surface area contributed by atoms with Crippen LogP contribution in [-0.2, 0) is 4.79 Å². The Bertz CT molecular complexity index is 603. The van der Waals surface area contributed by atoms with E-state index in [1.54, 1.807) is 23.4 Å². The largest absolute Gasteiger partial charge is 0.352 e. The molecule has 3 N–H and O–H groups in total. The first-order chi connectivity index (χ1) is 10.1. The summed E-state index contributed by atoms with van der Waals surface area (Å²) in [4.78, 5) is 29.3. The Kier molecular flexibility index (Phi) is 4.90. The summed E-state index contributed by atoms with van der Waals surface area (Å²) in [5.74, 6) is 5.43. The molecule has 0 bridgehead atoms. The Morgan fingerprint density at radius 3 is 3.10 bits per heavy atom. The van der Waals surface area contributed by atoms with E-state index < -0.39 is 0 Å². The lowest BCUT2D eigenvalue weighted by atomic mass is 10.1. The van der Waals surface area contributed by atoms with Crippen molar-refractivity contribution in [3.8, 4) is 11.8 Å². The van der Waals surface area contributed by atoms with Crippen molar-refractivity contribution in [3.63, 3.8) is 0 Å². The van der Waals surface area contributed by atoms with Crippen molar-refractivity contribution in [2.24, 2.45) is 5.73 Å². The maximum Gasteiger partial charge on any atom is 0.255 e. The van der Waals surface area contributed by atoms with Crippen LogP contribution in [0.1, 0.15) is 29.3 Å². The second kappa shape index (κ2) is 6.86. The third kappa shape index (κ3) is 3.80. The van der Waals surface area contributed by atoms with Crippen LogP contribution in [-0.4, -0.2) is 47.4 Å². The zero-order chi connectivity index (χ0) is 15.2. The highest BCUT2D eigenvalue weighted by Crippen LogP contribution is 2.15. The Morgan fingerprint density at radius 2 is 2.38 bits per heavy atom. The maximum absolute atomic E-state index is 12.5. The van der Waals surface area contributed by atoms with E-state index in [0.29, 0.717) is 24.2 Å². The number of aromatic nitrogens is 1. The molecule has 0 aromatic carbocycles. The monoisotopic (exact) mass is 286 g/mol. The van der Waals surface area contributed by atoms with Crippen LogP contribution in [0.5, 0.6) is 0 Å². The second-order valence-electron chi connectivity index (χ2n) is 4.86. The molecule has 1 aliphatic heterocycles. The number of nitrogens with zero attached hydrogens (tertiary/aromatic N) is 2. The van der Waals surface area contributed by atoms with Gasteiger partial charge in [0.2, 0.25) is 5.91 Å². The van der Waals surface area contributed by atoms with Gasteiger partial charge in [-0.1, -0.05) is 11.8 Å². The van der Waals surface area contributed by atoms with Crippen LogP contribution in [0.2, 0.25) is 0 Å². The first kappa shape index (κ1) is 15.0. The summed E-state index contributed by atoms with van der Waals surface area (Å²) in [6.45, 7) is 2.85. The van der Waals surface area contributed by atoms with Gasteiger partial charge in [-0.2, -0.15) is 0 Å². The molecule has 1 aromatic rings. The van der Waals surface area contributed by atoms with E-state index in [0.717, 1.165) is 6.42 Å². The average molecular weight is 286 g/mol. The lowest BCUT2D eigenvalue weighted by Gasteiger charge is -2.17. The molecule has 2 rings (SSSR count). The molecule has 1 saturated heterocycles. The standard InChI is InChI=1S/C15H18N4O2/c1-11(20)18-13-5-8-19(10-13)15(21)14-4-7-17-9-12(14)3-2-6-16/h4,7,9,13H,5-6,8,10,16H2,1H3,(H,18,20). The molecule has 1 atom stereocenters.